The minimum absolute atomic E-state index is 0.145. The Bertz CT molecular complexity index is 1030. The molecular weight excluding hydrogens is 402 g/mol. The van der Waals surface area contributed by atoms with Gasteiger partial charge in [-0.2, -0.15) is 5.10 Å². The molecule has 0 spiro atoms. The molecule has 0 unspecified atom stereocenters. The molecule has 156 valence electrons. The summed E-state index contributed by atoms with van der Waals surface area (Å²) in [7, 11) is 0. The average molecular weight is 426 g/mol. The van der Waals surface area contributed by atoms with E-state index in [1.54, 1.807) is 24.3 Å². The molecule has 0 atom stereocenters. The van der Waals surface area contributed by atoms with Crippen molar-refractivity contribution in [1.82, 2.24) is 0 Å². The van der Waals surface area contributed by atoms with E-state index in [2.05, 4.69) is 15.2 Å². The second-order valence-electron chi connectivity index (χ2n) is 6.55. The van der Waals surface area contributed by atoms with Gasteiger partial charge in [0.2, 0.25) is 5.17 Å². The van der Waals surface area contributed by atoms with Crippen molar-refractivity contribution < 1.29 is 19.8 Å². The van der Waals surface area contributed by atoms with Gasteiger partial charge in [-0.05, 0) is 55.7 Å². The monoisotopic (exact) mass is 425 g/mol. The quantitative estimate of drug-likeness (QED) is 0.297. The zero-order chi connectivity index (χ0) is 22.1. The molecule has 2 aromatic rings. The van der Waals surface area contributed by atoms with E-state index < -0.39 is 0 Å². The predicted octanol–water partition coefficient (Wildman–Crippen LogP) is 4.29. The third-order valence-electron chi connectivity index (χ3n) is 3.97. The highest BCUT2D eigenvalue weighted by Crippen LogP contribution is 2.23. The van der Waals surface area contributed by atoms with Gasteiger partial charge in [-0.25, -0.2) is 4.99 Å². The Morgan fingerprint density at radius 3 is 1.90 bits per heavy atom. The maximum atomic E-state index is 11.1. The number of phenolic OH excluding ortho intramolecular Hbond substituents is 2. The number of benzene rings is 2. The smallest absolute Gasteiger partial charge is 0.208 e. The number of thioether (sulfide) groups is 1. The first kappa shape index (κ1) is 23.0. The summed E-state index contributed by atoms with van der Waals surface area (Å²) >= 11 is 1.38. The van der Waals surface area contributed by atoms with Crippen molar-refractivity contribution >= 4 is 41.9 Å². The van der Waals surface area contributed by atoms with Crippen molar-refractivity contribution in [3.63, 3.8) is 0 Å². The third-order valence-corrected chi connectivity index (χ3v) is 5.03. The minimum atomic E-state index is -0.160. The minimum Gasteiger partial charge on any atom is -0.507 e. The van der Waals surface area contributed by atoms with E-state index in [0.717, 1.165) is 23.3 Å². The van der Waals surface area contributed by atoms with Gasteiger partial charge in [-0.15, -0.1) is 5.10 Å². The fourth-order valence-electron chi connectivity index (χ4n) is 2.60. The standard InChI is InChI=1S/C22H23N3O4S/c1-4-5-30-22(23-10-16-6-14(2)8-18(12-26)20(16)28)25-24-11-17-7-15(3)9-19(13-27)21(17)29/h6-13,28-29H,4-5H2,1-3H3/b23-10+,24-11+,25-22-. The van der Waals surface area contributed by atoms with Crippen LogP contribution >= 0.6 is 11.8 Å². The molecule has 0 saturated heterocycles. The number of amidine groups is 1. The van der Waals surface area contributed by atoms with Crippen LogP contribution in [0.15, 0.2) is 39.5 Å². The topological polar surface area (TPSA) is 112 Å². The lowest BCUT2D eigenvalue weighted by Gasteiger charge is -2.04. The van der Waals surface area contributed by atoms with Crippen LogP contribution in [0.3, 0.4) is 0 Å². The molecule has 0 radical (unpaired) electrons. The van der Waals surface area contributed by atoms with Gasteiger partial charge in [0.25, 0.3) is 0 Å². The summed E-state index contributed by atoms with van der Waals surface area (Å²) in [6.07, 6.45) is 4.85. The van der Waals surface area contributed by atoms with Crippen molar-refractivity contribution in [3.8, 4) is 11.5 Å². The fraction of sp³-hybridized carbons (Fsp3) is 0.227. The van der Waals surface area contributed by atoms with Gasteiger partial charge < -0.3 is 10.2 Å². The molecule has 7 nitrogen and oxygen atoms in total. The van der Waals surface area contributed by atoms with Gasteiger partial charge in [-0.1, -0.05) is 18.7 Å². The molecule has 0 saturated carbocycles. The molecule has 0 aliphatic carbocycles. The van der Waals surface area contributed by atoms with Crippen molar-refractivity contribution in [3.05, 3.63) is 57.6 Å². The van der Waals surface area contributed by atoms with Crippen LogP contribution in [0.25, 0.3) is 0 Å². The predicted molar refractivity (Wildman–Crippen MR) is 122 cm³/mol. The first-order valence-electron chi connectivity index (χ1n) is 9.25. The molecule has 0 amide bonds. The lowest BCUT2D eigenvalue weighted by atomic mass is 10.1. The van der Waals surface area contributed by atoms with Crippen molar-refractivity contribution in [2.45, 2.75) is 27.2 Å². The lowest BCUT2D eigenvalue weighted by Crippen LogP contribution is -1.95. The summed E-state index contributed by atoms with van der Waals surface area (Å²) in [6, 6.07) is 6.57. The average Bonchev–Trinajstić information content (AvgIpc) is 2.73. The summed E-state index contributed by atoms with van der Waals surface area (Å²) in [5.41, 5.74) is 2.76. The van der Waals surface area contributed by atoms with Crippen LogP contribution in [0.1, 0.15) is 56.3 Å². The number of hydrogen-bond donors (Lipinski definition) is 2. The van der Waals surface area contributed by atoms with Crippen LogP contribution in [0.2, 0.25) is 0 Å². The van der Waals surface area contributed by atoms with E-state index in [-0.39, 0.29) is 22.6 Å². The van der Waals surface area contributed by atoms with Crippen LogP contribution in [-0.4, -0.2) is 46.1 Å². The van der Waals surface area contributed by atoms with Gasteiger partial charge in [-0.3, -0.25) is 9.59 Å². The Hall–Kier alpha value is -3.26. The molecule has 0 heterocycles. The molecule has 2 N–H and O–H groups in total. The van der Waals surface area contributed by atoms with E-state index in [0.29, 0.717) is 28.9 Å². The SMILES string of the molecule is CCCSC(=N\N=C\c1cc(C)cc(C=O)c1O)/N=C/c1cc(C)cc(C=O)c1O. The zero-order valence-electron chi connectivity index (χ0n) is 17.0. The largest absolute Gasteiger partial charge is 0.507 e. The summed E-state index contributed by atoms with van der Waals surface area (Å²) in [5, 5.41) is 28.7. The van der Waals surface area contributed by atoms with E-state index in [9.17, 15) is 19.8 Å². The van der Waals surface area contributed by atoms with E-state index in [1.807, 2.05) is 20.8 Å². The normalized spacial score (nSPS) is 12.0. The summed E-state index contributed by atoms with van der Waals surface area (Å²) in [5.74, 6) is 0.455. The first-order valence-corrected chi connectivity index (χ1v) is 10.2. The molecule has 0 bridgehead atoms. The third kappa shape index (κ3) is 6.12. The maximum Gasteiger partial charge on any atom is 0.208 e. The number of carbonyl (C=O) groups is 2. The maximum absolute atomic E-state index is 11.1. The van der Waals surface area contributed by atoms with Crippen molar-refractivity contribution in [2.75, 3.05) is 5.75 Å². The van der Waals surface area contributed by atoms with Crippen LogP contribution in [0, 0.1) is 13.8 Å². The summed E-state index contributed by atoms with van der Waals surface area (Å²) < 4.78 is 0. The van der Waals surface area contributed by atoms with Crippen LogP contribution in [0.4, 0.5) is 0 Å². The second kappa shape index (κ2) is 11.1. The lowest BCUT2D eigenvalue weighted by molar-refractivity contribution is 0.111. The van der Waals surface area contributed by atoms with Crippen LogP contribution < -0.4 is 0 Å². The fourth-order valence-corrected chi connectivity index (χ4v) is 3.22. The number of carbonyl (C=O) groups excluding carboxylic acids is 2. The van der Waals surface area contributed by atoms with Gasteiger partial charge >= 0.3 is 0 Å². The number of rotatable bonds is 7. The number of aromatic hydroxyl groups is 2. The Labute approximate surface area is 179 Å². The number of nitrogens with zero attached hydrogens (tertiary/aromatic N) is 3. The number of hydrogen-bond acceptors (Lipinski definition) is 7. The first-order chi connectivity index (χ1) is 14.4. The highest BCUT2D eigenvalue weighted by atomic mass is 32.2. The number of aryl methyl sites for hydroxylation is 2. The van der Waals surface area contributed by atoms with Gasteiger partial charge in [0.1, 0.15) is 11.5 Å². The van der Waals surface area contributed by atoms with E-state index in [4.69, 9.17) is 0 Å². The Morgan fingerprint density at radius 1 is 0.900 bits per heavy atom. The molecule has 0 fully saturated rings. The zero-order valence-corrected chi connectivity index (χ0v) is 17.8. The highest BCUT2D eigenvalue weighted by Gasteiger charge is 2.08. The molecule has 0 aliphatic rings. The Morgan fingerprint density at radius 2 is 1.40 bits per heavy atom. The molecule has 2 rings (SSSR count). The highest BCUT2D eigenvalue weighted by molar-refractivity contribution is 8.13. The van der Waals surface area contributed by atoms with Gasteiger partial charge in [0.15, 0.2) is 12.6 Å². The molecule has 30 heavy (non-hydrogen) atoms. The molecule has 2 aromatic carbocycles. The van der Waals surface area contributed by atoms with Crippen LogP contribution in [-0.2, 0) is 0 Å². The van der Waals surface area contributed by atoms with Gasteiger partial charge in [0, 0.05) is 23.1 Å². The second-order valence-corrected chi connectivity index (χ2v) is 7.62. The van der Waals surface area contributed by atoms with Gasteiger partial charge in [0.05, 0.1) is 17.3 Å². The van der Waals surface area contributed by atoms with E-state index in [1.165, 1.54) is 24.2 Å². The molecular formula is C22H23N3O4S. The summed E-state index contributed by atoms with van der Waals surface area (Å²) in [4.78, 5) is 26.4. The summed E-state index contributed by atoms with van der Waals surface area (Å²) in [6.45, 7) is 5.64. The van der Waals surface area contributed by atoms with Crippen molar-refractivity contribution in [2.24, 2.45) is 15.2 Å². The molecule has 0 aromatic heterocycles. The van der Waals surface area contributed by atoms with E-state index >= 15 is 0 Å². The Balaban J connectivity index is 2.33. The molecule has 8 heteroatoms. The molecule has 0 aliphatic heterocycles. The number of aldehydes is 2. The number of aliphatic imine (C=N–C) groups is 1. The number of phenols is 2. The van der Waals surface area contributed by atoms with Crippen LogP contribution in [0.5, 0.6) is 11.5 Å². The Kier molecular flexibility index (Phi) is 8.49. The van der Waals surface area contributed by atoms with Crippen molar-refractivity contribution in [1.29, 1.82) is 0 Å².